The molecule has 5 atom stereocenters. The molecule has 0 aromatic rings. The molecule has 0 saturated heterocycles. The third kappa shape index (κ3) is 5.25. The Bertz CT molecular complexity index is 314. The highest BCUT2D eigenvalue weighted by Gasteiger charge is 2.40. The van der Waals surface area contributed by atoms with E-state index in [1.807, 2.05) is 5.32 Å². The van der Waals surface area contributed by atoms with E-state index in [-0.39, 0.29) is 0 Å². The first-order valence-electron chi connectivity index (χ1n) is 6.03. The number of halogens is 2. The summed E-state index contributed by atoms with van der Waals surface area (Å²) in [5, 5.41) is 30.5. The number of amides is 1. The second-order valence-electron chi connectivity index (χ2n) is 4.70. The van der Waals surface area contributed by atoms with E-state index in [1.165, 1.54) is 21.0 Å². The average Bonchev–Trinajstić information content (AvgIpc) is 2.39. The van der Waals surface area contributed by atoms with Crippen molar-refractivity contribution in [3.05, 3.63) is 0 Å². The Balaban J connectivity index is 5.02. The molecular weight excluding hydrogens is 278 g/mol. The summed E-state index contributed by atoms with van der Waals surface area (Å²) in [6, 6.07) is -5.43. The Labute approximate surface area is 115 Å². The van der Waals surface area contributed by atoms with Gasteiger partial charge < -0.3 is 25.4 Å². The quantitative estimate of drug-likeness (QED) is 0.344. The predicted molar refractivity (Wildman–Crippen MR) is 65.8 cm³/mol. The van der Waals surface area contributed by atoms with Crippen LogP contribution < -0.4 is 11.1 Å². The van der Waals surface area contributed by atoms with Crippen LogP contribution in [-0.2, 0) is 9.53 Å². The van der Waals surface area contributed by atoms with E-state index in [4.69, 9.17) is 9.84 Å². The van der Waals surface area contributed by atoms with Gasteiger partial charge in [0.05, 0.1) is 18.2 Å². The van der Waals surface area contributed by atoms with E-state index in [0.29, 0.717) is 0 Å². The molecule has 9 heteroatoms. The molecule has 0 heterocycles. The summed E-state index contributed by atoms with van der Waals surface area (Å²) in [4.78, 5) is 11.2. The molecule has 20 heavy (non-hydrogen) atoms. The highest BCUT2D eigenvalue weighted by atomic mass is 19.3. The fraction of sp³-hybridized carbons (Fsp3) is 0.909. The van der Waals surface area contributed by atoms with Crippen molar-refractivity contribution in [3.8, 4) is 0 Å². The summed E-state index contributed by atoms with van der Waals surface area (Å²) < 4.78 is 30.2. The number of alkyl halides is 2. The van der Waals surface area contributed by atoms with Gasteiger partial charge in [-0.3, -0.25) is 10.5 Å². The molecule has 0 aromatic carbocycles. The number of aliphatic hydroxyl groups is 3. The van der Waals surface area contributed by atoms with E-state index < -0.39 is 48.8 Å². The minimum Gasteiger partial charge on any atom is -0.396 e. The van der Waals surface area contributed by atoms with Crippen molar-refractivity contribution in [1.82, 2.24) is 5.32 Å². The second kappa shape index (κ2) is 7.79. The van der Waals surface area contributed by atoms with Crippen molar-refractivity contribution in [2.75, 3.05) is 13.7 Å². The summed E-state index contributed by atoms with van der Waals surface area (Å²) in [5.41, 5.74) is 4.36. The zero-order valence-electron chi connectivity index (χ0n) is 11.6. The third-order valence-corrected chi connectivity index (χ3v) is 3.07. The van der Waals surface area contributed by atoms with Gasteiger partial charge in [0.2, 0.25) is 0 Å². The molecule has 0 saturated carbocycles. The van der Waals surface area contributed by atoms with Crippen LogP contribution in [0.3, 0.4) is 0 Å². The Morgan fingerprint density at radius 1 is 1.35 bits per heavy atom. The Morgan fingerprint density at radius 2 is 1.85 bits per heavy atom. The molecule has 0 aromatic heterocycles. The van der Waals surface area contributed by atoms with Crippen molar-refractivity contribution in [1.29, 1.82) is 0 Å². The van der Waals surface area contributed by atoms with Crippen LogP contribution in [0, 0.1) is 5.92 Å². The molecule has 0 spiro atoms. The van der Waals surface area contributed by atoms with Crippen molar-refractivity contribution in [2.24, 2.45) is 11.7 Å². The zero-order chi connectivity index (χ0) is 16.1. The number of rotatable bonds is 8. The maximum Gasteiger partial charge on any atom is 0.378 e. The smallest absolute Gasteiger partial charge is 0.378 e. The third-order valence-electron chi connectivity index (χ3n) is 3.07. The first kappa shape index (κ1) is 19.1. The van der Waals surface area contributed by atoms with Crippen molar-refractivity contribution in [3.63, 3.8) is 0 Å². The highest BCUT2D eigenvalue weighted by Crippen LogP contribution is 2.15. The van der Waals surface area contributed by atoms with Crippen molar-refractivity contribution >= 4 is 5.91 Å². The Kier molecular flexibility index (Phi) is 7.45. The lowest BCUT2D eigenvalue weighted by atomic mass is 9.93. The topological polar surface area (TPSA) is 125 Å². The van der Waals surface area contributed by atoms with E-state index in [2.05, 4.69) is 5.73 Å². The molecule has 5 unspecified atom stereocenters. The number of carbonyl (C=O) groups is 1. The number of hydrogen-bond acceptors (Lipinski definition) is 6. The fourth-order valence-electron chi connectivity index (χ4n) is 1.53. The molecule has 0 fully saturated rings. The van der Waals surface area contributed by atoms with Crippen LogP contribution in [0.15, 0.2) is 0 Å². The van der Waals surface area contributed by atoms with Crippen molar-refractivity contribution < 1.29 is 33.6 Å². The molecule has 0 aliphatic rings. The summed E-state index contributed by atoms with van der Waals surface area (Å²) in [6.45, 7) is 2.44. The van der Waals surface area contributed by atoms with Gasteiger partial charge in [0.25, 0.3) is 0 Å². The molecule has 0 rings (SSSR count). The standard InChI is InChI=1S/C11H22F2N2O5/c1-5(4-16)8(17)9(18)7(6(2)20-3)15-10(19)11(12,13)14/h5-9,16-18H,4,14H2,1-3H3,(H,15,19). The molecular formula is C11H22F2N2O5. The van der Waals surface area contributed by atoms with Gasteiger partial charge in [-0.25, -0.2) is 0 Å². The number of aliphatic hydroxyl groups excluding tert-OH is 3. The molecule has 0 aliphatic heterocycles. The molecule has 0 aliphatic carbocycles. The minimum atomic E-state index is -4.11. The number of hydrogen-bond donors (Lipinski definition) is 5. The Hall–Kier alpha value is -0.870. The molecule has 1 amide bonds. The van der Waals surface area contributed by atoms with Gasteiger partial charge in [-0.15, -0.1) is 0 Å². The lowest BCUT2D eigenvalue weighted by Gasteiger charge is -2.33. The van der Waals surface area contributed by atoms with Gasteiger partial charge in [0.1, 0.15) is 6.10 Å². The summed E-state index contributed by atoms with van der Waals surface area (Å²) >= 11 is 0. The summed E-state index contributed by atoms with van der Waals surface area (Å²) in [6.07, 6.45) is -3.91. The van der Waals surface area contributed by atoms with Gasteiger partial charge in [-0.05, 0) is 6.92 Å². The van der Waals surface area contributed by atoms with Crippen LogP contribution in [-0.4, -0.2) is 65.3 Å². The van der Waals surface area contributed by atoms with Crippen LogP contribution in [0.5, 0.6) is 0 Å². The van der Waals surface area contributed by atoms with E-state index in [9.17, 15) is 23.8 Å². The second-order valence-corrected chi connectivity index (χ2v) is 4.70. The van der Waals surface area contributed by atoms with E-state index in [0.717, 1.165) is 0 Å². The number of nitrogens with two attached hydrogens (primary N) is 1. The first-order chi connectivity index (χ1) is 9.06. The van der Waals surface area contributed by atoms with E-state index in [1.54, 1.807) is 0 Å². The maximum absolute atomic E-state index is 12.7. The van der Waals surface area contributed by atoms with Gasteiger partial charge >= 0.3 is 12.0 Å². The van der Waals surface area contributed by atoms with Gasteiger partial charge in [-0.1, -0.05) is 6.92 Å². The zero-order valence-corrected chi connectivity index (χ0v) is 11.6. The van der Waals surface area contributed by atoms with Crippen molar-refractivity contribution in [2.45, 2.75) is 44.2 Å². The monoisotopic (exact) mass is 300 g/mol. The number of nitrogens with one attached hydrogen (secondary N) is 1. The van der Waals surface area contributed by atoms with Crippen LogP contribution in [0.4, 0.5) is 8.78 Å². The minimum absolute atomic E-state index is 0.423. The number of carbonyl (C=O) groups excluding carboxylic acids is 1. The molecule has 6 N–H and O–H groups in total. The number of ether oxygens (including phenoxy) is 1. The van der Waals surface area contributed by atoms with Gasteiger partial charge in [0, 0.05) is 19.6 Å². The molecule has 0 radical (unpaired) electrons. The lowest BCUT2D eigenvalue weighted by molar-refractivity contribution is -0.149. The SMILES string of the molecule is COC(C)C(NC(=O)C(N)(F)F)C(O)C(O)C(C)CO. The molecule has 120 valence electrons. The van der Waals surface area contributed by atoms with Gasteiger partial charge in [-0.2, -0.15) is 8.78 Å². The van der Waals surface area contributed by atoms with Crippen LogP contribution in [0.1, 0.15) is 13.8 Å². The predicted octanol–water partition coefficient (Wildman–Crippen LogP) is -1.59. The van der Waals surface area contributed by atoms with Crippen LogP contribution in [0.25, 0.3) is 0 Å². The molecule has 0 bridgehead atoms. The summed E-state index contributed by atoms with van der Waals surface area (Å²) in [7, 11) is 1.25. The van der Waals surface area contributed by atoms with Gasteiger partial charge in [0.15, 0.2) is 0 Å². The average molecular weight is 300 g/mol. The maximum atomic E-state index is 12.7. The van der Waals surface area contributed by atoms with Crippen LogP contribution >= 0.6 is 0 Å². The largest absolute Gasteiger partial charge is 0.396 e. The fourth-order valence-corrected chi connectivity index (χ4v) is 1.53. The number of methoxy groups -OCH3 is 1. The van der Waals surface area contributed by atoms with E-state index >= 15 is 0 Å². The highest BCUT2D eigenvalue weighted by molar-refractivity contribution is 5.82. The molecule has 7 nitrogen and oxygen atoms in total. The lowest BCUT2D eigenvalue weighted by Crippen LogP contribution is -2.60. The van der Waals surface area contributed by atoms with Crippen LogP contribution in [0.2, 0.25) is 0 Å². The Morgan fingerprint density at radius 3 is 2.20 bits per heavy atom. The first-order valence-corrected chi connectivity index (χ1v) is 6.03. The normalized spacial score (nSPS) is 19.9. The summed E-state index contributed by atoms with van der Waals surface area (Å²) in [5.74, 6) is -2.51.